The molecule has 1 atom stereocenters. The number of alkyl halides is 2. The van der Waals surface area contributed by atoms with Gasteiger partial charge in [0.2, 0.25) is 0 Å². The molecular formula is C30H22F6N4O4S. The van der Waals surface area contributed by atoms with Gasteiger partial charge in [-0.1, -0.05) is 0 Å². The fourth-order valence-corrected chi connectivity index (χ4v) is 5.56. The number of halogens is 6. The van der Waals surface area contributed by atoms with Gasteiger partial charge in [0, 0.05) is 31.7 Å². The lowest BCUT2D eigenvalue weighted by Crippen LogP contribution is -2.31. The van der Waals surface area contributed by atoms with E-state index >= 15 is 8.78 Å². The summed E-state index contributed by atoms with van der Waals surface area (Å²) in [5.41, 5.74) is -0.836. The number of fused-ring (bicyclic) bond motifs is 1. The van der Waals surface area contributed by atoms with E-state index in [1.165, 1.54) is 10.6 Å². The summed E-state index contributed by atoms with van der Waals surface area (Å²) in [4.78, 5) is 23.3. The molecule has 8 nitrogen and oxygen atoms in total. The van der Waals surface area contributed by atoms with E-state index in [0.29, 0.717) is 31.3 Å². The van der Waals surface area contributed by atoms with Crippen LogP contribution in [0.5, 0.6) is 5.88 Å². The van der Waals surface area contributed by atoms with Crippen LogP contribution in [0.25, 0.3) is 22.3 Å². The van der Waals surface area contributed by atoms with Crippen LogP contribution in [-0.2, 0) is 30.2 Å². The number of carbonyl (C=O) groups is 1. The number of imidazole rings is 1. The lowest BCUT2D eigenvalue weighted by Gasteiger charge is -2.27. The van der Waals surface area contributed by atoms with Crippen LogP contribution in [0.15, 0.2) is 42.6 Å². The molecule has 4 heterocycles. The maximum Gasteiger partial charge on any atom is 0.335 e. The highest BCUT2D eigenvalue weighted by Gasteiger charge is 2.28. The summed E-state index contributed by atoms with van der Waals surface area (Å²) in [5, 5.41) is 9.53. The van der Waals surface area contributed by atoms with Gasteiger partial charge in [0.05, 0.1) is 34.3 Å². The van der Waals surface area contributed by atoms with Gasteiger partial charge in [0.15, 0.2) is 11.6 Å². The van der Waals surface area contributed by atoms with E-state index in [1.54, 1.807) is 0 Å². The van der Waals surface area contributed by atoms with Crippen LogP contribution in [-0.4, -0.2) is 43.3 Å². The molecule has 1 N–H and O–H groups in total. The highest BCUT2D eigenvalue weighted by Crippen LogP contribution is 2.33. The molecule has 1 aliphatic rings. The van der Waals surface area contributed by atoms with Crippen LogP contribution in [0.3, 0.4) is 0 Å². The van der Waals surface area contributed by atoms with Gasteiger partial charge in [-0.05, 0) is 48.4 Å². The molecule has 0 spiro atoms. The van der Waals surface area contributed by atoms with E-state index in [1.807, 2.05) is 0 Å². The molecule has 1 saturated heterocycles. The molecule has 1 aliphatic heterocycles. The van der Waals surface area contributed by atoms with Crippen molar-refractivity contribution in [3.8, 4) is 17.1 Å². The van der Waals surface area contributed by atoms with Crippen molar-refractivity contribution in [3.05, 3.63) is 92.7 Å². The number of thiazole rings is 1. The molecular weight excluding hydrogens is 626 g/mol. The van der Waals surface area contributed by atoms with Gasteiger partial charge in [-0.3, -0.25) is 0 Å². The first-order valence-corrected chi connectivity index (χ1v) is 14.3. The highest BCUT2D eigenvalue weighted by molar-refractivity contribution is 7.11. The first-order valence-electron chi connectivity index (χ1n) is 13.5. The monoisotopic (exact) mass is 648 g/mol. The second kappa shape index (κ2) is 11.8. The Morgan fingerprint density at radius 2 is 1.87 bits per heavy atom. The molecule has 6 rings (SSSR count). The van der Waals surface area contributed by atoms with E-state index < -0.39 is 41.0 Å². The van der Waals surface area contributed by atoms with Crippen molar-refractivity contribution in [2.45, 2.75) is 44.9 Å². The summed E-state index contributed by atoms with van der Waals surface area (Å²) in [6.07, 6.45) is 1.18. The topological polar surface area (TPSA) is 99.4 Å². The molecule has 5 aromatic rings. The summed E-state index contributed by atoms with van der Waals surface area (Å²) in [6, 6.07) is 5.96. The minimum atomic E-state index is -3.11. The third-order valence-corrected chi connectivity index (χ3v) is 8.35. The number of aromatic carboxylic acids is 1. The Balaban J connectivity index is 1.28. The summed E-state index contributed by atoms with van der Waals surface area (Å²) < 4.78 is 99.5. The first kappa shape index (κ1) is 30.5. The Kier molecular flexibility index (Phi) is 7.99. The van der Waals surface area contributed by atoms with Crippen molar-refractivity contribution in [2.75, 3.05) is 6.61 Å². The average molecular weight is 649 g/mol. The molecule has 2 aromatic carbocycles. The third-order valence-electron chi connectivity index (χ3n) is 7.21. The fourth-order valence-electron chi connectivity index (χ4n) is 4.80. The van der Waals surface area contributed by atoms with Gasteiger partial charge in [0.1, 0.15) is 34.6 Å². The molecule has 3 aromatic heterocycles. The minimum absolute atomic E-state index is 0.118. The van der Waals surface area contributed by atoms with Crippen molar-refractivity contribution < 1.29 is 45.7 Å². The molecule has 0 aliphatic carbocycles. The van der Waals surface area contributed by atoms with Gasteiger partial charge in [-0.25, -0.2) is 46.1 Å². The zero-order valence-electron chi connectivity index (χ0n) is 23.3. The lowest BCUT2D eigenvalue weighted by molar-refractivity contribution is -0.0589. The Labute approximate surface area is 254 Å². The normalized spacial score (nSPS) is 15.0. The van der Waals surface area contributed by atoms with Gasteiger partial charge < -0.3 is 19.1 Å². The Morgan fingerprint density at radius 3 is 2.53 bits per heavy atom. The summed E-state index contributed by atoms with van der Waals surface area (Å²) in [6.45, 7) is 1.05. The van der Waals surface area contributed by atoms with Crippen LogP contribution in [0.4, 0.5) is 26.3 Å². The molecule has 1 fully saturated rings. The van der Waals surface area contributed by atoms with Crippen molar-refractivity contribution >= 4 is 28.3 Å². The minimum Gasteiger partial charge on any atom is -0.478 e. The van der Waals surface area contributed by atoms with Gasteiger partial charge >= 0.3 is 5.97 Å². The predicted molar refractivity (Wildman–Crippen MR) is 149 cm³/mol. The number of carboxylic acid groups (broad SMARTS) is 1. The SMILES string of the molecule is CC(F)(F)c1cnc(COc2nc(-c3cc(F)c(Cc4nc5c(F)cc(C(=O)O)cc5n4CC4CCO4)cc3F)ccc2F)s1. The van der Waals surface area contributed by atoms with E-state index in [4.69, 9.17) is 9.47 Å². The average Bonchev–Trinajstić information content (AvgIpc) is 3.57. The smallest absolute Gasteiger partial charge is 0.335 e. The van der Waals surface area contributed by atoms with Crippen LogP contribution in [0.1, 0.15) is 45.0 Å². The number of nitrogens with zero attached hydrogens (tertiary/aromatic N) is 4. The number of hydrogen-bond acceptors (Lipinski definition) is 7. The maximum atomic E-state index is 15.4. The molecule has 45 heavy (non-hydrogen) atoms. The number of benzene rings is 2. The van der Waals surface area contributed by atoms with Crippen LogP contribution in [0.2, 0.25) is 0 Å². The van der Waals surface area contributed by atoms with Crippen molar-refractivity contribution in [1.82, 2.24) is 19.5 Å². The molecule has 0 radical (unpaired) electrons. The maximum absolute atomic E-state index is 15.4. The Hall–Kier alpha value is -4.50. The highest BCUT2D eigenvalue weighted by atomic mass is 32.1. The summed E-state index contributed by atoms with van der Waals surface area (Å²) in [5.74, 6) is -8.40. The second-order valence-corrected chi connectivity index (χ2v) is 11.5. The van der Waals surface area contributed by atoms with E-state index in [0.717, 1.165) is 36.5 Å². The van der Waals surface area contributed by atoms with Crippen molar-refractivity contribution in [1.29, 1.82) is 0 Å². The zero-order valence-corrected chi connectivity index (χ0v) is 24.1. The second-order valence-electron chi connectivity index (χ2n) is 10.4. The summed E-state index contributed by atoms with van der Waals surface area (Å²) >= 11 is 0.678. The number of hydrogen-bond donors (Lipinski definition) is 1. The number of carboxylic acids is 1. The van der Waals surface area contributed by atoms with E-state index in [2.05, 4.69) is 15.0 Å². The number of pyridine rings is 1. The zero-order chi connectivity index (χ0) is 32.0. The number of aromatic nitrogens is 4. The quantitative estimate of drug-likeness (QED) is 0.165. The molecule has 0 saturated carbocycles. The molecule has 0 bridgehead atoms. The van der Waals surface area contributed by atoms with Crippen molar-refractivity contribution in [3.63, 3.8) is 0 Å². The van der Waals surface area contributed by atoms with Gasteiger partial charge in [-0.2, -0.15) is 0 Å². The summed E-state index contributed by atoms with van der Waals surface area (Å²) in [7, 11) is 0. The Bertz CT molecular complexity index is 1940. The van der Waals surface area contributed by atoms with E-state index in [9.17, 15) is 27.5 Å². The van der Waals surface area contributed by atoms with Crippen LogP contribution < -0.4 is 4.74 Å². The fraction of sp³-hybridized carbons (Fsp3) is 0.267. The molecule has 234 valence electrons. The Morgan fingerprint density at radius 1 is 1.09 bits per heavy atom. The first-order chi connectivity index (χ1) is 21.4. The standard InChI is InChI=1S/C30H22F6N4O4S/c1-30(35,36)24-11-37-26(45-24)13-44-28-18(31)2-3-22(38-28)17-10-19(32)14(6-20(17)33)9-25-39-27-21(34)7-15(29(41)42)8-23(27)40(25)12-16-4-5-43-16/h2-3,6-8,10-11,16H,4-5,9,12-13H2,1H3,(H,41,42). The van der Waals surface area contributed by atoms with Crippen molar-refractivity contribution in [2.24, 2.45) is 0 Å². The van der Waals surface area contributed by atoms with Gasteiger partial charge in [0.25, 0.3) is 11.8 Å². The number of rotatable bonds is 10. The molecule has 0 amide bonds. The van der Waals surface area contributed by atoms with Gasteiger partial charge in [-0.15, -0.1) is 11.3 Å². The number of ether oxygens (including phenoxy) is 2. The van der Waals surface area contributed by atoms with E-state index in [-0.39, 0.29) is 74.8 Å². The molecule has 1 unspecified atom stereocenters. The van der Waals surface area contributed by atoms with Crippen LogP contribution >= 0.6 is 11.3 Å². The van der Waals surface area contributed by atoms with Crippen LogP contribution in [0, 0.1) is 23.3 Å². The largest absolute Gasteiger partial charge is 0.478 e. The lowest BCUT2D eigenvalue weighted by atomic mass is 10.0. The molecule has 15 heteroatoms. The predicted octanol–water partition coefficient (Wildman–Crippen LogP) is 6.88. The third kappa shape index (κ3) is 6.22.